The molecule has 2 atom stereocenters. The van der Waals surface area contributed by atoms with Crippen LogP contribution >= 0.6 is 0 Å². The molecule has 1 aromatic heterocycles. The fraction of sp³-hybridized carbons (Fsp3) is 0.222. The third kappa shape index (κ3) is 5.28. The van der Waals surface area contributed by atoms with Gasteiger partial charge in [0, 0.05) is 18.0 Å². The fourth-order valence-corrected chi connectivity index (χ4v) is 3.99. The van der Waals surface area contributed by atoms with Crippen molar-refractivity contribution in [2.75, 3.05) is 18.4 Å². The summed E-state index contributed by atoms with van der Waals surface area (Å²) < 4.78 is 6.33. The van der Waals surface area contributed by atoms with E-state index in [0.29, 0.717) is 18.0 Å². The smallest absolute Gasteiger partial charge is 0.237 e. The van der Waals surface area contributed by atoms with Crippen LogP contribution in [-0.2, 0) is 6.42 Å². The van der Waals surface area contributed by atoms with Crippen LogP contribution in [0.15, 0.2) is 72.9 Å². The van der Waals surface area contributed by atoms with Gasteiger partial charge in [-0.1, -0.05) is 48.5 Å². The van der Waals surface area contributed by atoms with Crippen LogP contribution in [0.2, 0.25) is 0 Å². The monoisotopic (exact) mass is 437 g/mol. The summed E-state index contributed by atoms with van der Waals surface area (Å²) in [6.45, 7) is 3.32. The Balaban J connectivity index is 1.48. The molecule has 2 heterocycles. The van der Waals surface area contributed by atoms with Crippen LogP contribution in [0.1, 0.15) is 35.2 Å². The van der Waals surface area contributed by atoms with Crippen molar-refractivity contribution in [1.82, 2.24) is 10.3 Å². The maximum Gasteiger partial charge on any atom is 0.237 e. The first-order chi connectivity index (χ1) is 16.2. The van der Waals surface area contributed by atoms with Crippen LogP contribution in [0, 0.1) is 16.7 Å². The van der Waals surface area contributed by atoms with Crippen LogP contribution in [0.3, 0.4) is 0 Å². The molecule has 3 N–H and O–H groups in total. The van der Waals surface area contributed by atoms with E-state index in [4.69, 9.17) is 15.4 Å². The number of nitrogens with zero attached hydrogens (tertiary/aromatic N) is 2. The third-order valence-corrected chi connectivity index (χ3v) is 5.80. The topological polar surface area (TPSA) is 93.8 Å². The molecule has 1 aliphatic heterocycles. The average molecular weight is 438 g/mol. The number of pyridine rings is 1. The summed E-state index contributed by atoms with van der Waals surface area (Å²) in [5.74, 6) is 0.574. The number of ether oxygens (including phenoxy) is 1. The molecule has 0 saturated carbocycles. The second-order valence-corrected chi connectivity index (χ2v) is 7.90. The minimum absolute atomic E-state index is 0.0145. The molecule has 33 heavy (non-hydrogen) atoms. The first kappa shape index (κ1) is 22.3. The molecule has 0 aliphatic carbocycles. The fourth-order valence-electron chi connectivity index (χ4n) is 3.99. The van der Waals surface area contributed by atoms with Crippen molar-refractivity contribution in [2.45, 2.75) is 25.5 Å². The quantitative estimate of drug-likeness (QED) is 0.442. The summed E-state index contributed by atoms with van der Waals surface area (Å²) in [6.07, 6.45) is 5.69. The maximum absolute atomic E-state index is 8.98. The number of hydrogen-bond acceptors (Lipinski definition) is 6. The molecule has 0 fully saturated rings. The Morgan fingerprint density at radius 2 is 2.06 bits per heavy atom. The minimum atomic E-state index is -0.136. The average Bonchev–Trinajstić information content (AvgIpc) is 2.88. The number of allylic oxidation sites excluding steroid dienone is 2. The molecule has 2 unspecified atom stereocenters. The van der Waals surface area contributed by atoms with Crippen molar-refractivity contribution >= 4 is 17.5 Å². The summed E-state index contributed by atoms with van der Waals surface area (Å²) >= 11 is 0. The van der Waals surface area contributed by atoms with E-state index >= 15 is 0 Å². The van der Waals surface area contributed by atoms with Crippen LogP contribution in [0.4, 0.5) is 5.69 Å². The van der Waals surface area contributed by atoms with Gasteiger partial charge in [-0.2, -0.15) is 5.26 Å². The lowest BCUT2D eigenvalue weighted by atomic mass is 9.99. The minimum Gasteiger partial charge on any atom is -0.469 e. The lowest BCUT2D eigenvalue weighted by Crippen LogP contribution is -2.43. The van der Waals surface area contributed by atoms with Gasteiger partial charge in [-0.3, -0.25) is 0 Å². The van der Waals surface area contributed by atoms with E-state index in [-0.39, 0.29) is 12.1 Å². The second-order valence-electron chi connectivity index (χ2n) is 7.90. The summed E-state index contributed by atoms with van der Waals surface area (Å²) in [5.41, 5.74) is 5.56. The van der Waals surface area contributed by atoms with Gasteiger partial charge in [-0.05, 0) is 54.8 Å². The largest absolute Gasteiger partial charge is 0.469 e. The Morgan fingerprint density at radius 1 is 1.27 bits per heavy atom. The maximum atomic E-state index is 8.98. The number of rotatable bonds is 8. The van der Waals surface area contributed by atoms with E-state index in [1.54, 1.807) is 6.20 Å². The van der Waals surface area contributed by atoms with Gasteiger partial charge in [0.2, 0.25) is 5.88 Å². The van der Waals surface area contributed by atoms with Crippen molar-refractivity contribution in [3.63, 3.8) is 0 Å². The van der Waals surface area contributed by atoms with Gasteiger partial charge in [0.05, 0.1) is 29.9 Å². The SMILES string of the molecule is C/C=C(\C=N)c1cnc2c(c1)NCC(C(NCCc1ccc(C#N)cc1)c1ccccc1)O2. The van der Waals surface area contributed by atoms with E-state index in [0.717, 1.165) is 35.4 Å². The number of hydrogen-bond donors (Lipinski definition) is 3. The molecular weight excluding hydrogens is 410 g/mol. The third-order valence-electron chi connectivity index (χ3n) is 5.80. The van der Waals surface area contributed by atoms with Gasteiger partial charge in [-0.25, -0.2) is 4.98 Å². The van der Waals surface area contributed by atoms with Gasteiger partial charge < -0.3 is 20.8 Å². The Hall–Kier alpha value is -3.95. The number of aromatic nitrogens is 1. The summed E-state index contributed by atoms with van der Waals surface area (Å²) in [7, 11) is 0. The highest BCUT2D eigenvalue weighted by molar-refractivity contribution is 6.08. The van der Waals surface area contributed by atoms with Crippen LogP contribution < -0.4 is 15.4 Å². The summed E-state index contributed by atoms with van der Waals surface area (Å²) in [4.78, 5) is 4.52. The number of fused-ring (bicyclic) bond motifs is 1. The van der Waals surface area contributed by atoms with Crippen molar-refractivity contribution in [2.24, 2.45) is 0 Å². The van der Waals surface area contributed by atoms with E-state index in [1.807, 2.05) is 61.5 Å². The normalized spacial score (nSPS) is 16.0. The standard InChI is InChI=1S/C27H27N5O/c1-2-21(16-29)23-14-24-27(32-17-23)33-25(18-31-24)26(22-6-4-3-5-7-22)30-13-12-19-8-10-20(15-28)11-9-19/h2-11,14,16-17,25-26,29-31H,12-13,18H2,1H3/b21-2+,29-16?. The lowest BCUT2D eigenvalue weighted by Gasteiger charge is -2.33. The van der Waals surface area contributed by atoms with Crippen LogP contribution in [0.5, 0.6) is 5.88 Å². The van der Waals surface area contributed by atoms with Crippen molar-refractivity contribution in [3.8, 4) is 11.9 Å². The number of nitriles is 1. The molecule has 4 rings (SSSR count). The van der Waals surface area contributed by atoms with Crippen molar-refractivity contribution < 1.29 is 4.74 Å². The zero-order chi connectivity index (χ0) is 23.0. The highest BCUT2D eigenvalue weighted by Crippen LogP contribution is 2.32. The van der Waals surface area contributed by atoms with Gasteiger partial charge in [0.25, 0.3) is 0 Å². The number of nitrogens with one attached hydrogen (secondary N) is 3. The summed E-state index contributed by atoms with van der Waals surface area (Å²) in [5, 5.41) is 23.7. The number of benzene rings is 2. The molecule has 3 aromatic rings. The van der Waals surface area contributed by atoms with Gasteiger partial charge in [0.15, 0.2) is 0 Å². The van der Waals surface area contributed by atoms with E-state index in [2.05, 4.69) is 33.8 Å². The highest BCUT2D eigenvalue weighted by atomic mass is 16.5. The molecule has 6 nitrogen and oxygen atoms in total. The molecule has 1 aliphatic rings. The van der Waals surface area contributed by atoms with E-state index in [9.17, 15) is 0 Å². The molecule has 0 spiro atoms. The number of anilines is 1. The zero-order valence-electron chi connectivity index (χ0n) is 18.6. The Morgan fingerprint density at radius 3 is 2.76 bits per heavy atom. The van der Waals surface area contributed by atoms with Crippen LogP contribution in [0.25, 0.3) is 5.57 Å². The molecule has 0 saturated heterocycles. The van der Waals surface area contributed by atoms with Gasteiger partial charge in [0.1, 0.15) is 6.10 Å². The lowest BCUT2D eigenvalue weighted by molar-refractivity contribution is 0.150. The molecule has 2 aromatic carbocycles. The summed E-state index contributed by atoms with van der Waals surface area (Å²) in [6, 6.07) is 22.1. The van der Waals surface area contributed by atoms with Crippen molar-refractivity contribution in [1.29, 1.82) is 10.7 Å². The predicted molar refractivity (Wildman–Crippen MR) is 132 cm³/mol. The van der Waals surface area contributed by atoms with Crippen LogP contribution in [-0.4, -0.2) is 30.4 Å². The Bertz CT molecular complexity index is 1170. The van der Waals surface area contributed by atoms with Gasteiger partial charge in [-0.15, -0.1) is 0 Å². The zero-order valence-corrected chi connectivity index (χ0v) is 18.6. The molecule has 0 radical (unpaired) electrons. The second kappa shape index (κ2) is 10.6. The Labute approximate surface area is 194 Å². The molecule has 6 heteroatoms. The first-order valence-electron chi connectivity index (χ1n) is 11.1. The highest BCUT2D eigenvalue weighted by Gasteiger charge is 2.29. The Kier molecular flexibility index (Phi) is 7.13. The first-order valence-corrected chi connectivity index (χ1v) is 11.1. The molecule has 166 valence electrons. The predicted octanol–water partition coefficient (Wildman–Crippen LogP) is 4.75. The molecular formula is C27H27N5O. The van der Waals surface area contributed by atoms with Crippen molar-refractivity contribution in [3.05, 3.63) is 95.2 Å². The van der Waals surface area contributed by atoms with Gasteiger partial charge >= 0.3 is 0 Å². The molecule has 0 amide bonds. The van der Waals surface area contributed by atoms with E-state index in [1.165, 1.54) is 11.8 Å². The van der Waals surface area contributed by atoms with E-state index < -0.39 is 0 Å². The molecule has 0 bridgehead atoms.